The maximum absolute atomic E-state index is 4.31. The van der Waals surface area contributed by atoms with Gasteiger partial charge in [-0.05, 0) is 30.5 Å². The van der Waals surface area contributed by atoms with Gasteiger partial charge < -0.3 is 10.2 Å². The molecule has 1 aliphatic carbocycles. The van der Waals surface area contributed by atoms with Gasteiger partial charge in [0.25, 0.3) is 0 Å². The Morgan fingerprint density at radius 1 is 1.25 bits per heavy atom. The quantitative estimate of drug-likeness (QED) is 0.676. The zero-order valence-electron chi connectivity index (χ0n) is 12.6. The smallest absolute Gasteiger partial charge is 0.193 e. The van der Waals surface area contributed by atoms with Gasteiger partial charge in [-0.15, -0.1) is 0 Å². The van der Waals surface area contributed by atoms with Crippen LogP contribution in [0.25, 0.3) is 0 Å². The lowest BCUT2D eigenvalue weighted by atomic mass is 9.79. The molecule has 0 spiro atoms. The van der Waals surface area contributed by atoms with Crippen LogP contribution in [0.2, 0.25) is 0 Å². The van der Waals surface area contributed by atoms with Gasteiger partial charge in [0.15, 0.2) is 5.96 Å². The van der Waals surface area contributed by atoms with Crippen LogP contribution in [0.1, 0.15) is 31.2 Å². The Labute approximate surface area is 130 Å². The molecule has 4 heteroatoms. The lowest BCUT2D eigenvalue weighted by Crippen LogP contribution is -2.44. The van der Waals surface area contributed by atoms with Gasteiger partial charge in [-0.2, -0.15) is 0 Å². The molecule has 20 heavy (non-hydrogen) atoms. The number of rotatable bonds is 3. The summed E-state index contributed by atoms with van der Waals surface area (Å²) in [5, 5.41) is 3.53. The van der Waals surface area contributed by atoms with E-state index >= 15 is 0 Å². The molecule has 2 rings (SSSR count). The highest BCUT2D eigenvalue weighted by atomic mass is 79.9. The lowest BCUT2D eigenvalue weighted by molar-refractivity contribution is 0.423. The molecule has 1 aromatic rings. The van der Waals surface area contributed by atoms with Crippen LogP contribution < -0.4 is 5.32 Å². The number of benzene rings is 1. The highest BCUT2D eigenvalue weighted by molar-refractivity contribution is 9.10. The average molecular weight is 338 g/mol. The van der Waals surface area contributed by atoms with E-state index in [0.29, 0.717) is 0 Å². The van der Waals surface area contributed by atoms with Crippen molar-refractivity contribution in [2.24, 2.45) is 4.99 Å². The Hall–Kier alpha value is -1.03. The molecular formula is C16H24BrN3. The minimum absolute atomic E-state index is 0.257. The summed E-state index contributed by atoms with van der Waals surface area (Å²) in [5.41, 5.74) is 1.70. The highest BCUT2D eigenvalue weighted by Crippen LogP contribution is 2.40. The SMILES string of the molecule is CN=C(NCC1(c2ccc(Br)cc2)CCCC1)N(C)C. The van der Waals surface area contributed by atoms with Gasteiger partial charge in [0, 0.05) is 37.6 Å². The zero-order chi connectivity index (χ0) is 14.6. The predicted octanol–water partition coefficient (Wildman–Crippen LogP) is 3.40. The molecule has 1 aliphatic rings. The van der Waals surface area contributed by atoms with Gasteiger partial charge in [0.2, 0.25) is 0 Å². The van der Waals surface area contributed by atoms with Crippen molar-refractivity contribution in [2.45, 2.75) is 31.1 Å². The third-order valence-electron chi connectivity index (χ3n) is 4.24. The maximum atomic E-state index is 4.31. The van der Waals surface area contributed by atoms with E-state index in [9.17, 15) is 0 Å². The first-order valence-electron chi connectivity index (χ1n) is 7.21. The van der Waals surface area contributed by atoms with Gasteiger partial charge in [0.1, 0.15) is 0 Å². The Bertz CT molecular complexity index is 459. The largest absolute Gasteiger partial charge is 0.355 e. The lowest BCUT2D eigenvalue weighted by Gasteiger charge is -2.31. The monoisotopic (exact) mass is 337 g/mol. The molecule has 0 radical (unpaired) electrons. The van der Waals surface area contributed by atoms with Crippen molar-refractivity contribution in [1.29, 1.82) is 0 Å². The van der Waals surface area contributed by atoms with Crippen LogP contribution in [0.5, 0.6) is 0 Å². The van der Waals surface area contributed by atoms with E-state index in [0.717, 1.165) is 17.0 Å². The van der Waals surface area contributed by atoms with Gasteiger partial charge in [-0.3, -0.25) is 4.99 Å². The van der Waals surface area contributed by atoms with Crippen molar-refractivity contribution in [3.63, 3.8) is 0 Å². The van der Waals surface area contributed by atoms with E-state index in [1.807, 2.05) is 26.0 Å². The molecule has 0 amide bonds. The molecule has 1 aromatic carbocycles. The second-order valence-electron chi connectivity index (χ2n) is 5.79. The first-order valence-corrected chi connectivity index (χ1v) is 8.01. The Kier molecular flexibility index (Phi) is 5.08. The first-order chi connectivity index (χ1) is 9.57. The second kappa shape index (κ2) is 6.61. The highest BCUT2D eigenvalue weighted by Gasteiger charge is 2.35. The van der Waals surface area contributed by atoms with E-state index in [2.05, 4.69) is 50.5 Å². The van der Waals surface area contributed by atoms with Gasteiger partial charge in [0.05, 0.1) is 0 Å². The van der Waals surface area contributed by atoms with Crippen molar-refractivity contribution in [1.82, 2.24) is 10.2 Å². The maximum Gasteiger partial charge on any atom is 0.193 e. The second-order valence-corrected chi connectivity index (χ2v) is 6.71. The summed E-state index contributed by atoms with van der Waals surface area (Å²) in [4.78, 5) is 6.34. The van der Waals surface area contributed by atoms with Crippen molar-refractivity contribution >= 4 is 21.9 Å². The number of guanidine groups is 1. The minimum Gasteiger partial charge on any atom is -0.355 e. The van der Waals surface area contributed by atoms with Crippen molar-refractivity contribution < 1.29 is 0 Å². The molecule has 1 fully saturated rings. The molecule has 1 N–H and O–H groups in total. The van der Waals surface area contributed by atoms with Crippen LogP contribution in [-0.4, -0.2) is 38.5 Å². The summed E-state index contributed by atoms with van der Waals surface area (Å²) < 4.78 is 1.14. The Morgan fingerprint density at radius 2 is 1.85 bits per heavy atom. The first kappa shape index (κ1) is 15.4. The van der Waals surface area contributed by atoms with Crippen LogP contribution in [0.3, 0.4) is 0 Å². The van der Waals surface area contributed by atoms with Crippen molar-refractivity contribution in [3.8, 4) is 0 Å². The molecule has 0 bridgehead atoms. The molecule has 0 heterocycles. The molecule has 110 valence electrons. The predicted molar refractivity (Wildman–Crippen MR) is 89.3 cm³/mol. The fourth-order valence-electron chi connectivity index (χ4n) is 3.11. The van der Waals surface area contributed by atoms with E-state index in [1.165, 1.54) is 31.2 Å². The average Bonchev–Trinajstić information content (AvgIpc) is 2.90. The molecule has 0 unspecified atom stereocenters. The summed E-state index contributed by atoms with van der Waals surface area (Å²) >= 11 is 3.52. The number of hydrogen-bond acceptors (Lipinski definition) is 1. The van der Waals surface area contributed by atoms with E-state index < -0.39 is 0 Å². The van der Waals surface area contributed by atoms with E-state index in [1.54, 1.807) is 0 Å². The summed E-state index contributed by atoms with van der Waals surface area (Å²) in [5.74, 6) is 0.952. The van der Waals surface area contributed by atoms with Gasteiger partial charge >= 0.3 is 0 Å². The molecule has 0 saturated heterocycles. The normalized spacial score (nSPS) is 18.1. The number of nitrogens with zero attached hydrogens (tertiary/aromatic N) is 2. The number of halogens is 1. The molecule has 3 nitrogen and oxygen atoms in total. The number of aliphatic imine (C=N–C) groups is 1. The van der Waals surface area contributed by atoms with Crippen LogP contribution in [-0.2, 0) is 5.41 Å². The minimum atomic E-state index is 0.257. The van der Waals surface area contributed by atoms with E-state index in [4.69, 9.17) is 0 Å². The van der Waals surface area contributed by atoms with Gasteiger partial charge in [-0.25, -0.2) is 0 Å². The van der Waals surface area contributed by atoms with Crippen molar-refractivity contribution in [2.75, 3.05) is 27.7 Å². The fraction of sp³-hybridized carbons (Fsp3) is 0.562. The fourth-order valence-corrected chi connectivity index (χ4v) is 3.37. The molecular weight excluding hydrogens is 314 g/mol. The summed E-state index contributed by atoms with van der Waals surface area (Å²) in [6.07, 6.45) is 5.15. The van der Waals surface area contributed by atoms with Crippen LogP contribution >= 0.6 is 15.9 Å². The van der Waals surface area contributed by atoms with E-state index in [-0.39, 0.29) is 5.41 Å². The topological polar surface area (TPSA) is 27.6 Å². The van der Waals surface area contributed by atoms with Gasteiger partial charge in [-0.1, -0.05) is 40.9 Å². The van der Waals surface area contributed by atoms with Crippen molar-refractivity contribution in [3.05, 3.63) is 34.3 Å². The standard InChI is InChI=1S/C16H24BrN3/c1-18-15(20(2)3)19-12-16(10-4-5-11-16)13-6-8-14(17)9-7-13/h6-9H,4-5,10-12H2,1-3H3,(H,18,19). The third-order valence-corrected chi connectivity index (χ3v) is 4.77. The Morgan fingerprint density at radius 3 is 2.35 bits per heavy atom. The molecule has 1 saturated carbocycles. The van der Waals surface area contributed by atoms with Crippen LogP contribution in [0, 0.1) is 0 Å². The molecule has 0 aliphatic heterocycles. The summed E-state index contributed by atoms with van der Waals surface area (Å²) in [6, 6.07) is 8.82. The van der Waals surface area contributed by atoms with Crippen LogP contribution in [0.15, 0.2) is 33.7 Å². The number of nitrogens with one attached hydrogen (secondary N) is 1. The molecule has 0 aromatic heterocycles. The summed E-state index contributed by atoms with van der Waals surface area (Å²) in [7, 11) is 5.88. The van der Waals surface area contributed by atoms with Crippen LogP contribution in [0.4, 0.5) is 0 Å². The third kappa shape index (κ3) is 3.35. The number of hydrogen-bond donors (Lipinski definition) is 1. The summed E-state index contributed by atoms with van der Waals surface area (Å²) in [6.45, 7) is 0.958. The zero-order valence-corrected chi connectivity index (χ0v) is 14.2. The Balaban J connectivity index is 2.16. The molecule has 0 atom stereocenters.